The topological polar surface area (TPSA) is 71.3 Å². The smallest absolute Gasteiger partial charge is 0.387 e. The number of amides is 1. The molecule has 2 aromatic rings. The highest BCUT2D eigenvalue weighted by Gasteiger charge is 2.15. The number of carbonyl (C=O) groups excluding carboxylic acids is 1. The van der Waals surface area contributed by atoms with E-state index in [9.17, 15) is 27.6 Å². The molecule has 0 aliphatic carbocycles. The summed E-state index contributed by atoms with van der Waals surface area (Å²) in [6.07, 6.45) is 1.56. The van der Waals surface area contributed by atoms with Crippen molar-refractivity contribution in [3.05, 3.63) is 65.2 Å². The van der Waals surface area contributed by atoms with E-state index in [1.54, 1.807) is 6.07 Å². The highest BCUT2D eigenvalue weighted by atomic mass is 19.3. The molecule has 1 amide bonds. The summed E-state index contributed by atoms with van der Waals surface area (Å²) in [6, 6.07) is 14.0. The van der Waals surface area contributed by atoms with Gasteiger partial charge in [-0.3, -0.25) is 4.79 Å². The van der Waals surface area contributed by atoms with Gasteiger partial charge in [-0.2, -0.15) is 22.8 Å². The van der Waals surface area contributed by atoms with Gasteiger partial charge in [0.15, 0.2) is 0 Å². The lowest BCUT2D eigenvalue weighted by atomic mass is 10.1. The fraction of sp³-hybridized carbons (Fsp3) is 0.200. The monoisotopic (exact) mass is 408 g/mol. The van der Waals surface area contributed by atoms with Gasteiger partial charge in [-0.25, -0.2) is 0 Å². The van der Waals surface area contributed by atoms with Gasteiger partial charge in [0.05, 0.1) is 0 Å². The molecule has 2 aromatic carbocycles. The highest BCUT2D eigenvalue weighted by Crippen LogP contribution is 2.29. The average molecular weight is 408 g/mol. The number of benzene rings is 2. The summed E-state index contributed by atoms with van der Waals surface area (Å²) in [4.78, 5) is 12.2. The van der Waals surface area contributed by atoms with Crippen molar-refractivity contribution < 1.29 is 31.8 Å². The standard InChI is InChI=1S/C20H16F4N2O3/c21-19(22)28-16-7-6-14(17(11-16)29-20(23)24)10-15(12-25)18(27)26-9-8-13-4-2-1-3-5-13/h1-7,10-11,19-20H,8-9H2,(H,26,27)/b15-10+. The first-order chi connectivity index (χ1) is 13.9. The second-order valence-electron chi connectivity index (χ2n) is 5.62. The molecule has 0 radical (unpaired) electrons. The molecule has 152 valence electrons. The van der Waals surface area contributed by atoms with Crippen LogP contribution in [0.5, 0.6) is 11.5 Å². The van der Waals surface area contributed by atoms with Crippen LogP contribution in [-0.4, -0.2) is 25.7 Å². The van der Waals surface area contributed by atoms with Gasteiger partial charge in [-0.1, -0.05) is 30.3 Å². The maximum atomic E-state index is 12.6. The van der Waals surface area contributed by atoms with Crippen LogP contribution in [0.3, 0.4) is 0 Å². The largest absolute Gasteiger partial charge is 0.435 e. The lowest BCUT2D eigenvalue weighted by Gasteiger charge is -2.11. The molecule has 0 fully saturated rings. The van der Waals surface area contributed by atoms with Crippen LogP contribution >= 0.6 is 0 Å². The molecule has 0 saturated heterocycles. The molecule has 29 heavy (non-hydrogen) atoms. The van der Waals surface area contributed by atoms with Crippen molar-refractivity contribution in [2.24, 2.45) is 0 Å². The Balaban J connectivity index is 2.15. The molecular formula is C20H16F4N2O3. The Kier molecular flexibility index (Phi) is 8.03. The third-order valence-corrected chi connectivity index (χ3v) is 3.63. The van der Waals surface area contributed by atoms with E-state index in [0.717, 1.165) is 29.8 Å². The Labute approximate surface area is 164 Å². The minimum atomic E-state index is -3.24. The predicted octanol–water partition coefficient (Wildman–Crippen LogP) is 4.16. The number of carbonyl (C=O) groups is 1. The zero-order valence-corrected chi connectivity index (χ0v) is 14.9. The van der Waals surface area contributed by atoms with Crippen LogP contribution in [0, 0.1) is 11.3 Å². The summed E-state index contributed by atoms with van der Waals surface area (Å²) < 4.78 is 58.3. The maximum Gasteiger partial charge on any atom is 0.387 e. The van der Waals surface area contributed by atoms with Crippen LogP contribution in [0.2, 0.25) is 0 Å². The molecule has 1 N–H and O–H groups in total. The number of nitrogens with zero attached hydrogens (tertiary/aromatic N) is 1. The van der Waals surface area contributed by atoms with Crippen molar-refractivity contribution in [3.8, 4) is 17.6 Å². The Bertz CT molecular complexity index is 896. The Morgan fingerprint density at radius 3 is 2.38 bits per heavy atom. The molecule has 0 bridgehead atoms. The van der Waals surface area contributed by atoms with E-state index in [-0.39, 0.29) is 17.7 Å². The summed E-state index contributed by atoms with van der Waals surface area (Å²) in [5.41, 5.74) is 0.555. The Hall–Kier alpha value is -3.54. The van der Waals surface area contributed by atoms with Gasteiger partial charge in [-0.05, 0) is 30.2 Å². The van der Waals surface area contributed by atoms with E-state index < -0.39 is 30.6 Å². The maximum absolute atomic E-state index is 12.6. The number of hydrogen-bond donors (Lipinski definition) is 1. The molecule has 5 nitrogen and oxygen atoms in total. The molecule has 9 heteroatoms. The number of ether oxygens (including phenoxy) is 2. The van der Waals surface area contributed by atoms with Crippen molar-refractivity contribution in [2.75, 3.05) is 6.54 Å². The van der Waals surface area contributed by atoms with E-state index in [0.29, 0.717) is 6.42 Å². The zero-order valence-electron chi connectivity index (χ0n) is 14.9. The lowest BCUT2D eigenvalue weighted by Crippen LogP contribution is -2.26. The molecule has 0 spiro atoms. The molecule has 2 rings (SSSR count). The molecular weight excluding hydrogens is 392 g/mol. The SMILES string of the molecule is N#C/C(=C\c1ccc(OC(F)F)cc1OC(F)F)C(=O)NCCc1ccccc1. The van der Waals surface area contributed by atoms with E-state index in [1.807, 2.05) is 30.3 Å². The van der Waals surface area contributed by atoms with Crippen LogP contribution < -0.4 is 14.8 Å². The summed E-state index contributed by atoms with van der Waals surface area (Å²) in [6.45, 7) is -6.14. The number of nitriles is 1. The molecule has 0 heterocycles. The Morgan fingerprint density at radius 2 is 1.76 bits per heavy atom. The van der Waals surface area contributed by atoms with E-state index in [4.69, 9.17) is 0 Å². The van der Waals surface area contributed by atoms with Gasteiger partial charge in [0.25, 0.3) is 5.91 Å². The van der Waals surface area contributed by atoms with Crippen molar-refractivity contribution in [1.29, 1.82) is 5.26 Å². The Morgan fingerprint density at radius 1 is 1.07 bits per heavy atom. The molecule has 0 saturated carbocycles. The summed E-state index contributed by atoms with van der Waals surface area (Å²) >= 11 is 0. The van der Waals surface area contributed by atoms with Gasteiger partial charge >= 0.3 is 13.2 Å². The molecule has 0 aliphatic heterocycles. The van der Waals surface area contributed by atoms with Crippen molar-refractivity contribution in [1.82, 2.24) is 5.32 Å². The van der Waals surface area contributed by atoms with Gasteiger partial charge < -0.3 is 14.8 Å². The average Bonchev–Trinajstić information content (AvgIpc) is 2.67. The molecule has 0 aliphatic rings. The molecule has 0 aromatic heterocycles. The van der Waals surface area contributed by atoms with Gasteiger partial charge in [0, 0.05) is 18.2 Å². The normalized spacial score (nSPS) is 11.3. The van der Waals surface area contributed by atoms with Crippen LogP contribution in [0.25, 0.3) is 6.08 Å². The van der Waals surface area contributed by atoms with Crippen molar-refractivity contribution in [2.45, 2.75) is 19.6 Å². The zero-order chi connectivity index (χ0) is 21.2. The fourth-order valence-electron chi connectivity index (χ4n) is 2.37. The highest BCUT2D eigenvalue weighted by molar-refractivity contribution is 6.02. The number of nitrogens with one attached hydrogen (secondary N) is 1. The quantitative estimate of drug-likeness (QED) is 0.384. The van der Waals surface area contributed by atoms with Gasteiger partial charge in [0.2, 0.25) is 0 Å². The number of hydrogen-bond acceptors (Lipinski definition) is 4. The summed E-state index contributed by atoms with van der Waals surface area (Å²) in [5.74, 6) is -1.62. The van der Waals surface area contributed by atoms with Crippen molar-refractivity contribution >= 4 is 12.0 Å². The van der Waals surface area contributed by atoms with E-state index in [2.05, 4.69) is 14.8 Å². The second-order valence-corrected chi connectivity index (χ2v) is 5.62. The third-order valence-electron chi connectivity index (χ3n) is 3.63. The van der Waals surface area contributed by atoms with Gasteiger partial charge in [0.1, 0.15) is 23.1 Å². The minimum Gasteiger partial charge on any atom is -0.435 e. The first-order valence-corrected chi connectivity index (χ1v) is 8.36. The van der Waals surface area contributed by atoms with Crippen LogP contribution in [-0.2, 0) is 11.2 Å². The first kappa shape index (κ1) is 21.8. The van der Waals surface area contributed by atoms with Crippen molar-refractivity contribution in [3.63, 3.8) is 0 Å². The second kappa shape index (κ2) is 10.7. The fourth-order valence-corrected chi connectivity index (χ4v) is 2.37. The van der Waals surface area contributed by atoms with Crippen LogP contribution in [0.4, 0.5) is 17.6 Å². The van der Waals surface area contributed by atoms with Gasteiger partial charge in [-0.15, -0.1) is 0 Å². The lowest BCUT2D eigenvalue weighted by molar-refractivity contribution is -0.117. The number of halogens is 4. The van der Waals surface area contributed by atoms with Crippen LogP contribution in [0.1, 0.15) is 11.1 Å². The summed E-state index contributed by atoms with van der Waals surface area (Å²) in [7, 11) is 0. The van der Waals surface area contributed by atoms with E-state index in [1.165, 1.54) is 0 Å². The number of rotatable bonds is 9. The predicted molar refractivity (Wildman–Crippen MR) is 96.5 cm³/mol. The summed E-state index contributed by atoms with van der Waals surface area (Å²) in [5, 5.41) is 11.8. The third kappa shape index (κ3) is 7.18. The molecule has 0 unspecified atom stereocenters. The minimum absolute atomic E-state index is 0.0679. The first-order valence-electron chi connectivity index (χ1n) is 8.36. The number of alkyl halides is 4. The van der Waals surface area contributed by atoms with E-state index >= 15 is 0 Å². The molecule has 0 atom stereocenters. The van der Waals surface area contributed by atoms with Crippen LogP contribution in [0.15, 0.2) is 54.1 Å².